The first-order valence-corrected chi connectivity index (χ1v) is 20.0. The van der Waals surface area contributed by atoms with Crippen LogP contribution in [0.4, 0.5) is 17.1 Å². The largest absolute Gasteiger partial charge is 0.377 e. The first-order chi connectivity index (χ1) is 24.8. The van der Waals surface area contributed by atoms with Crippen LogP contribution in [0.2, 0.25) is 5.02 Å². The monoisotopic (exact) mass is 815 g/mol. The first-order valence-electron chi connectivity index (χ1n) is 17.3. The molecule has 1 atom stereocenters. The molecule has 2 saturated heterocycles. The number of halogens is 2. The summed E-state index contributed by atoms with van der Waals surface area (Å²) in [6, 6.07) is 16.8. The van der Waals surface area contributed by atoms with E-state index in [0.29, 0.717) is 24.3 Å². The van der Waals surface area contributed by atoms with Crippen LogP contribution in [-0.2, 0) is 19.5 Å². The van der Waals surface area contributed by atoms with E-state index < -0.39 is 31.4 Å². The molecule has 0 spiro atoms. The van der Waals surface area contributed by atoms with Gasteiger partial charge < -0.3 is 19.7 Å². The van der Waals surface area contributed by atoms with E-state index in [1.807, 2.05) is 18.2 Å². The predicted octanol–water partition coefficient (Wildman–Crippen LogP) is 6.74. The number of sulfonamides is 1. The Bertz CT molecular complexity index is 1940. The van der Waals surface area contributed by atoms with Crippen LogP contribution in [0, 0.1) is 15.5 Å². The molecule has 52 heavy (non-hydrogen) atoms. The molecule has 6 rings (SSSR count). The average molecular weight is 817 g/mol. The normalized spacial score (nSPS) is 19.7. The molecular formula is C37H43BrClN5O7S. The maximum atomic E-state index is 13.2. The molecule has 12 nitrogen and oxygen atoms in total. The number of ether oxygens (including phenoxy) is 2. The van der Waals surface area contributed by atoms with Crippen molar-refractivity contribution in [2.24, 2.45) is 5.41 Å². The number of allylic oxidation sites excluding steroid dienone is 1. The maximum absolute atomic E-state index is 13.2. The Hall–Kier alpha value is -3.53. The van der Waals surface area contributed by atoms with E-state index in [9.17, 15) is 23.3 Å². The Kier molecular flexibility index (Phi) is 11.9. The molecule has 3 aliphatic rings. The van der Waals surface area contributed by atoms with E-state index in [4.69, 9.17) is 21.1 Å². The van der Waals surface area contributed by atoms with Gasteiger partial charge in [0, 0.05) is 60.5 Å². The summed E-state index contributed by atoms with van der Waals surface area (Å²) in [4.78, 5) is 28.7. The molecule has 0 aromatic heterocycles. The van der Waals surface area contributed by atoms with Gasteiger partial charge in [-0.3, -0.25) is 19.8 Å². The minimum Gasteiger partial charge on any atom is -0.377 e. The van der Waals surface area contributed by atoms with Gasteiger partial charge in [-0.05, 0) is 94.2 Å². The molecule has 0 radical (unpaired) electrons. The molecule has 278 valence electrons. The average Bonchev–Trinajstić information content (AvgIpc) is 3.12. The summed E-state index contributed by atoms with van der Waals surface area (Å²) >= 11 is 9.65. The van der Waals surface area contributed by atoms with Crippen molar-refractivity contribution in [2.75, 3.05) is 69.3 Å². The van der Waals surface area contributed by atoms with Crippen LogP contribution in [0.3, 0.4) is 0 Å². The van der Waals surface area contributed by atoms with Crippen molar-refractivity contribution >= 4 is 66.1 Å². The lowest BCUT2D eigenvalue weighted by molar-refractivity contribution is -0.384. The highest BCUT2D eigenvalue weighted by Crippen LogP contribution is 2.43. The molecule has 2 N–H and O–H groups in total. The highest BCUT2D eigenvalue weighted by molar-refractivity contribution is 9.10. The lowest BCUT2D eigenvalue weighted by Gasteiger charge is -2.39. The topological polar surface area (TPSA) is 143 Å². The molecule has 0 bridgehead atoms. The maximum Gasteiger partial charge on any atom is 0.293 e. The molecular weight excluding hydrogens is 774 g/mol. The second kappa shape index (κ2) is 16.2. The molecule has 2 heterocycles. The number of carbonyl (C=O) groups is 1. The van der Waals surface area contributed by atoms with Crippen LogP contribution in [0.15, 0.2) is 75.6 Å². The molecule has 1 amide bonds. The van der Waals surface area contributed by atoms with E-state index >= 15 is 0 Å². The van der Waals surface area contributed by atoms with Crippen molar-refractivity contribution < 1.29 is 27.6 Å². The quantitative estimate of drug-likeness (QED) is 0.158. The van der Waals surface area contributed by atoms with Crippen LogP contribution < -0.4 is 14.9 Å². The van der Waals surface area contributed by atoms with Gasteiger partial charge in [0.2, 0.25) is 0 Å². The van der Waals surface area contributed by atoms with E-state index in [-0.39, 0.29) is 29.3 Å². The summed E-state index contributed by atoms with van der Waals surface area (Å²) in [7, 11) is -4.43. The number of carbonyl (C=O) groups excluding carboxylic acids is 1. The molecule has 0 saturated carbocycles. The first kappa shape index (κ1) is 38.2. The number of piperazine rings is 1. The number of benzene rings is 3. The number of nitro groups is 1. The number of nitrogens with zero attached hydrogens (tertiary/aromatic N) is 3. The summed E-state index contributed by atoms with van der Waals surface area (Å²) in [5, 5.41) is 15.5. The van der Waals surface area contributed by atoms with Crippen LogP contribution >= 0.6 is 27.5 Å². The van der Waals surface area contributed by atoms with Gasteiger partial charge in [0.25, 0.3) is 21.6 Å². The van der Waals surface area contributed by atoms with Crippen molar-refractivity contribution in [2.45, 2.75) is 44.1 Å². The molecule has 0 unspecified atom stereocenters. The van der Waals surface area contributed by atoms with Gasteiger partial charge in [0.15, 0.2) is 0 Å². The number of hydrogen-bond donors (Lipinski definition) is 2. The van der Waals surface area contributed by atoms with Crippen molar-refractivity contribution in [1.29, 1.82) is 0 Å². The van der Waals surface area contributed by atoms with Crippen molar-refractivity contribution in [1.82, 2.24) is 9.62 Å². The molecule has 1 aliphatic carbocycles. The second-order valence-corrected chi connectivity index (χ2v) is 17.1. The van der Waals surface area contributed by atoms with Gasteiger partial charge in [-0.2, -0.15) is 0 Å². The summed E-state index contributed by atoms with van der Waals surface area (Å²) in [6.45, 7) is 10.4. The van der Waals surface area contributed by atoms with E-state index in [0.717, 1.165) is 68.8 Å². The number of anilines is 2. The summed E-state index contributed by atoms with van der Waals surface area (Å²) < 4.78 is 39.8. The summed E-state index contributed by atoms with van der Waals surface area (Å²) in [5.74, 6) is -0.858. The Balaban J connectivity index is 1.07. The van der Waals surface area contributed by atoms with Crippen molar-refractivity contribution in [3.8, 4) is 0 Å². The Morgan fingerprint density at radius 3 is 2.48 bits per heavy atom. The minimum absolute atomic E-state index is 0.121. The third-order valence-electron chi connectivity index (χ3n) is 9.84. The molecule has 3 aromatic rings. The zero-order valence-corrected chi connectivity index (χ0v) is 32.4. The second-order valence-electron chi connectivity index (χ2n) is 14.2. The summed E-state index contributed by atoms with van der Waals surface area (Å²) in [6.07, 6.45) is 2.97. The van der Waals surface area contributed by atoms with Gasteiger partial charge in [-0.1, -0.05) is 43.2 Å². The third-order valence-corrected chi connectivity index (χ3v) is 12.1. The highest BCUT2D eigenvalue weighted by atomic mass is 79.9. The third kappa shape index (κ3) is 9.33. The van der Waals surface area contributed by atoms with Crippen LogP contribution in [0.25, 0.3) is 5.57 Å². The van der Waals surface area contributed by atoms with E-state index in [1.165, 1.54) is 28.8 Å². The van der Waals surface area contributed by atoms with Crippen molar-refractivity contribution in [3.63, 3.8) is 0 Å². The highest BCUT2D eigenvalue weighted by Gasteiger charge is 2.30. The fourth-order valence-electron chi connectivity index (χ4n) is 6.88. The van der Waals surface area contributed by atoms with E-state index in [2.05, 4.69) is 61.7 Å². The van der Waals surface area contributed by atoms with Gasteiger partial charge in [-0.25, -0.2) is 13.1 Å². The standard InChI is InChI=1S/C37H43BrClN5O7S/c1-37(2)12-11-26(32(21-37)25-3-5-27(39)6-4-25)23-42-13-15-43(16-14-42)28-7-9-31(33(38)19-28)36(45)41-52(48,49)30-8-10-34(35(20-30)44(46)47)40-22-29-24-50-17-18-51-29/h3-10,19-20,29,40H,11-18,21-24H2,1-2H3,(H,41,45)/t29-/m0/s1. The lowest BCUT2D eigenvalue weighted by atomic mass is 9.72. The smallest absolute Gasteiger partial charge is 0.293 e. The number of nitrogens with one attached hydrogen (secondary N) is 2. The predicted molar refractivity (Wildman–Crippen MR) is 206 cm³/mol. The van der Waals surface area contributed by atoms with Crippen LogP contribution in [0.5, 0.6) is 0 Å². The zero-order chi connectivity index (χ0) is 37.0. The molecule has 15 heteroatoms. The van der Waals surface area contributed by atoms with Gasteiger partial charge in [0.05, 0.1) is 41.3 Å². The Labute approximate surface area is 317 Å². The fourth-order valence-corrected chi connectivity index (χ4v) is 8.53. The van der Waals surface area contributed by atoms with Gasteiger partial charge in [0.1, 0.15) is 5.69 Å². The molecule has 2 aliphatic heterocycles. The number of nitro benzene ring substituents is 1. The number of rotatable bonds is 11. The number of hydrogen-bond acceptors (Lipinski definition) is 10. The van der Waals surface area contributed by atoms with Gasteiger partial charge in [-0.15, -0.1) is 0 Å². The number of amides is 1. The fraction of sp³-hybridized carbons (Fsp3) is 0.432. The lowest BCUT2D eigenvalue weighted by Crippen LogP contribution is -2.47. The van der Waals surface area contributed by atoms with Crippen molar-refractivity contribution in [3.05, 3.63) is 97.0 Å². The Morgan fingerprint density at radius 2 is 1.81 bits per heavy atom. The van der Waals surface area contributed by atoms with E-state index in [1.54, 1.807) is 12.1 Å². The van der Waals surface area contributed by atoms with Crippen LogP contribution in [0.1, 0.15) is 49.0 Å². The SMILES string of the molecule is CC1(C)CCC(CN2CCN(c3ccc(C(=O)NS(=O)(=O)c4ccc(NC[C@H]5COCCO5)c([N+](=O)[O-])c4)c(Br)c3)CC2)=C(c2ccc(Cl)cc2)C1. The molecule has 3 aromatic carbocycles. The summed E-state index contributed by atoms with van der Waals surface area (Å²) in [5.41, 5.74) is 5.13. The van der Waals surface area contributed by atoms with Gasteiger partial charge >= 0.3 is 0 Å². The molecule has 2 fully saturated rings. The zero-order valence-electron chi connectivity index (χ0n) is 29.2. The minimum atomic E-state index is -4.43. The Morgan fingerprint density at radius 1 is 1.06 bits per heavy atom. The van der Waals surface area contributed by atoms with Crippen LogP contribution in [-0.4, -0.2) is 89.3 Å².